The number of hydrogen-bond donors (Lipinski definition) is 1. The van der Waals surface area contributed by atoms with Gasteiger partial charge < -0.3 is 19.5 Å². The van der Waals surface area contributed by atoms with Crippen LogP contribution < -0.4 is 9.47 Å². The first kappa shape index (κ1) is 19.4. The molecule has 0 aliphatic carbocycles. The second-order valence-corrected chi connectivity index (χ2v) is 5.65. The first-order valence-corrected chi connectivity index (χ1v) is 8.05. The van der Waals surface area contributed by atoms with Gasteiger partial charge in [-0.15, -0.1) is 5.98 Å². The maximum absolute atomic E-state index is 9.53. The van der Waals surface area contributed by atoms with E-state index in [1.165, 1.54) is 5.70 Å². The lowest BCUT2D eigenvalue weighted by Crippen LogP contribution is -2.16. The highest BCUT2D eigenvalue weighted by molar-refractivity contribution is 6.17. The van der Waals surface area contributed by atoms with Gasteiger partial charge in [0.05, 0.1) is 20.3 Å². The van der Waals surface area contributed by atoms with Crippen LogP contribution in [0, 0.1) is 5.92 Å². The lowest BCUT2D eigenvalue weighted by molar-refractivity contribution is 0.145. The summed E-state index contributed by atoms with van der Waals surface area (Å²) in [7, 11) is 10.8. The van der Waals surface area contributed by atoms with Crippen molar-refractivity contribution in [2.75, 3.05) is 27.8 Å². The van der Waals surface area contributed by atoms with Gasteiger partial charge in [0.15, 0.2) is 11.5 Å². The molecule has 0 aromatic heterocycles. The van der Waals surface area contributed by atoms with E-state index >= 15 is 0 Å². The van der Waals surface area contributed by atoms with Crippen LogP contribution in [0.25, 0.3) is 0 Å². The standard InChI is InChI=1S/C10H18BNO.C8H10O2/c1-3-9(13)6-8-4-5-12(2)10(8)7-11;1-9-7-5-3-4-6-8(7)10-2/h7-9,13H,3-6H2,1-2H3;3-6H,1-2H3/b10-7-;. The first-order valence-electron chi connectivity index (χ1n) is 8.05. The van der Waals surface area contributed by atoms with E-state index in [1.54, 1.807) is 20.2 Å². The van der Waals surface area contributed by atoms with Gasteiger partial charge in [0, 0.05) is 25.2 Å². The van der Waals surface area contributed by atoms with Gasteiger partial charge in [0.2, 0.25) is 0 Å². The Labute approximate surface area is 141 Å². The maximum Gasteiger partial charge on any atom is 0.160 e. The van der Waals surface area contributed by atoms with Gasteiger partial charge in [-0.1, -0.05) is 19.1 Å². The van der Waals surface area contributed by atoms with Crippen LogP contribution in [-0.2, 0) is 0 Å². The van der Waals surface area contributed by atoms with E-state index in [2.05, 4.69) is 11.9 Å². The number of para-hydroxylation sites is 2. The summed E-state index contributed by atoms with van der Waals surface area (Å²) < 4.78 is 10.0. The van der Waals surface area contributed by atoms with Gasteiger partial charge in [-0.05, 0) is 31.4 Å². The Morgan fingerprint density at radius 2 is 1.87 bits per heavy atom. The molecule has 0 spiro atoms. The zero-order chi connectivity index (χ0) is 17.2. The van der Waals surface area contributed by atoms with Crippen molar-refractivity contribution in [3.63, 3.8) is 0 Å². The highest BCUT2D eigenvalue weighted by Gasteiger charge is 2.25. The van der Waals surface area contributed by atoms with Gasteiger partial charge in [-0.2, -0.15) is 0 Å². The fourth-order valence-corrected chi connectivity index (χ4v) is 2.72. The molecule has 1 saturated heterocycles. The summed E-state index contributed by atoms with van der Waals surface area (Å²) in [5.41, 5.74) is 1.19. The molecule has 1 aliphatic rings. The fourth-order valence-electron chi connectivity index (χ4n) is 2.72. The average Bonchev–Trinajstić information content (AvgIpc) is 2.94. The lowest BCUT2D eigenvalue weighted by atomic mass is 9.93. The molecule has 126 valence electrons. The molecule has 1 aromatic carbocycles. The molecule has 5 heteroatoms. The number of methoxy groups -OCH3 is 2. The normalized spacial score (nSPS) is 20.0. The van der Waals surface area contributed by atoms with E-state index in [4.69, 9.17) is 17.3 Å². The van der Waals surface area contributed by atoms with Gasteiger partial charge in [-0.3, -0.25) is 0 Å². The molecular formula is C18H28BNO3. The summed E-state index contributed by atoms with van der Waals surface area (Å²) in [4.78, 5) is 2.17. The number of likely N-dealkylation sites (tertiary alicyclic amines) is 1. The van der Waals surface area contributed by atoms with Crippen molar-refractivity contribution >= 4 is 7.85 Å². The third-order valence-electron chi connectivity index (χ3n) is 4.16. The Kier molecular flexibility index (Phi) is 8.63. The lowest BCUT2D eigenvalue weighted by Gasteiger charge is -2.19. The van der Waals surface area contributed by atoms with Crippen molar-refractivity contribution in [2.45, 2.75) is 32.3 Å². The number of aliphatic hydroxyl groups excluding tert-OH is 1. The van der Waals surface area contributed by atoms with E-state index in [-0.39, 0.29) is 6.10 Å². The second-order valence-electron chi connectivity index (χ2n) is 5.65. The van der Waals surface area contributed by atoms with Crippen LogP contribution in [0.5, 0.6) is 11.5 Å². The van der Waals surface area contributed by atoms with Crippen LogP contribution in [0.1, 0.15) is 26.2 Å². The van der Waals surface area contributed by atoms with Gasteiger partial charge in [-0.25, -0.2) is 0 Å². The molecule has 1 N–H and O–H groups in total. The van der Waals surface area contributed by atoms with Gasteiger partial charge >= 0.3 is 0 Å². The topological polar surface area (TPSA) is 41.9 Å². The summed E-state index contributed by atoms with van der Waals surface area (Å²) in [5, 5.41) is 9.53. The third-order valence-corrected chi connectivity index (χ3v) is 4.16. The van der Waals surface area contributed by atoms with E-state index in [9.17, 15) is 5.11 Å². The van der Waals surface area contributed by atoms with Crippen molar-refractivity contribution in [3.8, 4) is 11.5 Å². The molecule has 2 unspecified atom stereocenters. The molecule has 2 atom stereocenters. The molecule has 1 aromatic rings. The van der Waals surface area contributed by atoms with Gasteiger partial charge in [0.25, 0.3) is 0 Å². The summed E-state index contributed by atoms with van der Waals surface area (Å²) in [6.45, 7) is 3.07. The molecule has 1 aliphatic heterocycles. The number of allylic oxidation sites excluding steroid dienone is 1. The number of hydrogen-bond acceptors (Lipinski definition) is 4. The van der Waals surface area contributed by atoms with Crippen LogP contribution in [0.4, 0.5) is 0 Å². The molecule has 0 amide bonds. The van der Waals surface area contributed by atoms with E-state index in [1.807, 2.05) is 31.2 Å². The molecule has 4 nitrogen and oxygen atoms in total. The Morgan fingerprint density at radius 3 is 2.30 bits per heavy atom. The largest absolute Gasteiger partial charge is 0.493 e. The molecule has 2 rings (SSSR count). The van der Waals surface area contributed by atoms with Crippen LogP contribution >= 0.6 is 0 Å². The molecule has 1 heterocycles. The molecule has 23 heavy (non-hydrogen) atoms. The van der Waals surface area contributed by atoms with Crippen LogP contribution in [0.3, 0.4) is 0 Å². The Hall–Kier alpha value is -1.62. The minimum absolute atomic E-state index is 0.175. The van der Waals surface area contributed by atoms with Crippen molar-refractivity contribution in [3.05, 3.63) is 35.9 Å². The van der Waals surface area contributed by atoms with Crippen LogP contribution in [0.15, 0.2) is 35.9 Å². The maximum atomic E-state index is 9.53. The predicted octanol–water partition coefficient (Wildman–Crippen LogP) is 2.81. The van der Waals surface area contributed by atoms with Crippen LogP contribution in [0.2, 0.25) is 0 Å². The fraction of sp³-hybridized carbons (Fsp3) is 0.556. The summed E-state index contributed by atoms with van der Waals surface area (Å²) in [6.07, 6.45) is 2.63. The minimum Gasteiger partial charge on any atom is -0.493 e. The zero-order valence-electron chi connectivity index (χ0n) is 14.7. The highest BCUT2D eigenvalue weighted by Crippen LogP contribution is 2.30. The summed E-state index contributed by atoms with van der Waals surface area (Å²) in [5.74, 6) is 3.68. The average molecular weight is 317 g/mol. The Balaban J connectivity index is 0.000000238. The number of rotatable bonds is 5. The SMILES string of the molecule is COc1ccccc1OC.[B]/C=C1/C(CC(O)CC)CCN1C. The quantitative estimate of drug-likeness (QED) is 0.848. The second kappa shape index (κ2) is 10.2. The van der Waals surface area contributed by atoms with Crippen molar-refractivity contribution in [1.29, 1.82) is 0 Å². The van der Waals surface area contributed by atoms with E-state index in [0.717, 1.165) is 37.3 Å². The van der Waals surface area contributed by atoms with E-state index in [0.29, 0.717) is 5.92 Å². The smallest absolute Gasteiger partial charge is 0.160 e. The monoisotopic (exact) mass is 317 g/mol. The molecule has 2 radical (unpaired) electrons. The van der Waals surface area contributed by atoms with Gasteiger partial charge in [0.1, 0.15) is 7.85 Å². The first-order chi connectivity index (χ1) is 11.1. The molecule has 0 bridgehead atoms. The Morgan fingerprint density at radius 1 is 1.30 bits per heavy atom. The molecule has 0 saturated carbocycles. The van der Waals surface area contributed by atoms with Crippen molar-refractivity contribution < 1.29 is 14.6 Å². The zero-order valence-corrected chi connectivity index (χ0v) is 14.7. The highest BCUT2D eigenvalue weighted by atomic mass is 16.5. The number of benzene rings is 1. The number of ether oxygens (including phenoxy) is 2. The van der Waals surface area contributed by atoms with Crippen molar-refractivity contribution in [2.24, 2.45) is 5.92 Å². The van der Waals surface area contributed by atoms with Crippen LogP contribution in [-0.4, -0.2) is 51.8 Å². The predicted molar refractivity (Wildman–Crippen MR) is 95.0 cm³/mol. The number of aliphatic hydroxyl groups is 1. The third kappa shape index (κ3) is 5.83. The Bertz CT molecular complexity index is 470. The summed E-state index contributed by atoms with van der Waals surface area (Å²) in [6, 6.07) is 7.53. The minimum atomic E-state index is -0.175. The molecule has 1 fully saturated rings. The van der Waals surface area contributed by atoms with E-state index < -0.39 is 0 Å². The van der Waals surface area contributed by atoms with Crippen molar-refractivity contribution in [1.82, 2.24) is 4.90 Å². The number of nitrogens with zero attached hydrogens (tertiary/aromatic N) is 1. The molecular weight excluding hydrogens is 289 g/mol. The summed E-state index contributed by atoms with van der Waals surface area (Å²) >= 11 is 0.